The van der Waals surface area contributed by atoms with Crippen LogP contribution in [0.5, 0.6) is 0 Å². The van der Waals surface area contributed by atoms with Crippen molar-refractivity contribution in [3.05, 3.63) is 12.2 Å². The summed E-state index contributed by atoms with van der Waals surface area (Å²) in [6, 6.07) is 0. The van der Waals surface area contributed by atoms with Crippen molar-refractivity contribution in [1.82, 2.24) is 20.6 Å². The Kier molecular flexibility index (Phi) is 3.12. The maximum Gasteiger partial charge on any atom is 0.307 e. The summed E-state index contributed by atoms with van der Waals surface area (Å²) < 4.78 is 0. The molecule has 1 amide bonds. The van der Waals surface area contributed by atoms with Gasteiger partial charge in [-0.2, -0.15) is 5.21 Å². The fraction of sp³-hybridized carbons (Fsp3) is 0.444. The third kappa shape index (κ3) is 2.47. The molecule has 1 aliphatic carbocycles. The number of tetrazole rings is 1. The molecule has 1 aromatic rings. The molecule has 1 aromatic heterocycles. The van der Waals surface area contributed by atoms with E-state index in [-0.39, 0.29) is 5.95 Å². The quantitative estimate of drug-likeness (QED) is 0.626. The number of H-pyrrole nitrogens is 1. The van der Waals surface area contributed by atoms with Gasteiger partial charge < -0.3 is 5.11 Å². The Bertz CT molecular complexity index is 441. The summed E-state index contributed by atoms with van der Waals surface area (Å²) in [5, 5.41) is 24.1. The summed E-state index contributed by atoms with van der Waals surface area (Å²) in [7, 11) is 0. The Morgan fingerprint density at radius 1 is 1.35 bits per heavy atom. The second kappa shape index (κ2) is 4.73. The highest BCUT2D eigenvalue weighted by Crippen LogP contribution is 2.26. The van der Waals surface area contributed by atoms with E-state index in [1.165, 1.54) is 0 Å². The van der Waals surface area contributed by atoms with Gasteiger partial charge in [-0.05, 0) is 18.1 Å². The van der Waals surface area contributed by atoms with Crippen molar-refractivity contribution in [2.75, 3.05) is 5.32 Å². The number of nitrogens with one attached hydrogen (secondary N) is 2. The smallest absolute Gasteiger partial charge is 0.307 e. The lowest BCUT2D eigenvalue weighted by Crippen LogP contribution is -2.35. The van der Waals surface area contributed by atoms with Gasteiger partial charge in [-0.3, -0.25) is 14.9 Å². The Morgan fingerprint density at radius 2 is 2.06 bits per heavy atom. The van der Waals surface area contributed by atoms with E-state index in [9.17, 15) is 9.59 Å². The van der Waals surface area contributed by atoms with Gasteiger partial charge in [0.2, 0.25) is 5.91 Å². The summed E-state index contributed by atoms with van der Waals surface area (Å²) in [5.41, 5.74) is 0. The summed E-state index contributed by atoms with van der Waals surface area (Å²) >= 11 is 0. The fourth-order valence-electron chi connectivity index (χ4n) is 1.79. The molecule has 0 spiro atoms. The van der Waals surface area contributed by atoms with Crippen molar-refractivity contribution in [3.8, 4) is 0 Å². The molecule has 2 rings (SSSR count). The van der Waals surface area contributed by atoms with E-state index in [0.717, 1.165) is 0 Å². The van der Waals surface area contributed by atoms with Gasteiger partial charge in [0.25, 0.3) is 5.95 Å². The third-order valence-corrected chi connectivity index (χ3v) is 2.67. The Balaban J connectivity index is 2.07. The lowest BCUT2D eigenvalue weighted by atomic mass is 9.82. The molecular weight excluding hydrogens is 226 g/mol. The van der Waals surface area contributed by atoms with Crippen LogP contribution in [0.1, 0.15) is 12.8 Å². The van der Waals surface area contributed by atoms with Crippen molar-refractivity contribution < 1.29 is 14.7 Å². The van der Waals surface area contributed by atoms with Crippen LogP contribution in [0, 0.1) is 11.8 Å². The zero-order valence-electron chi connectivity index (χ0n) is 8.83. The first-order valence-electron chi connectivity index (χ1n) is 5.10. The minimum absolute atomic E-state index is 0.0497. The number of anilines is 1. The molecule has 17 heavy (non-hydrogen) atoms. The summed E-state index contributed by atoms with van der Waals surface area (Å²) in [4.78, 5) is 22.9. The number of hydrogen-bond acceptors (Lipinski definition) is 5. The van der Waals surface area contributed by atoms with E-state index in [2.05, 4.69) is 25.9 Å². The van der Waals surface area contributed by atoms with Crippen LogP contribution in [0.25, 0.3) is 0 Å². The van der Waals surface area contributed by atoms with Crippen LogP contribution < -0.4 is 5.32 Å². The second-order valence-corrected chi connectivity index (χ2v) is 3.72. The van der Waals surface area contributed by atoms with Crippen molar-refractivity contribution in [2.24, 2.45) is 11.8 Å². The highest BCUT2D eigenvalue weighted by molar-refractivity contribution is 5.94. The molecule has 0 bridgehead atoms. The summed E-state index contributed by atoms with van der Waals surface area (Å²) in [6.45, 7) is 0. The molecule has 0 saturated carbocycles. The van der Waals surface area contributed by atoms with E-state index in [1.807, 2.05) is 0 Å². The number of hydrogen-bond donors (Lipinski definition) is 3. The van der Waals surface area contributed by atoms with E-state index < -0.39 is 23.7 Å². The van der Waals surface area contributed by atoms with E-state index in [4.69, 9.17) is 5.11 Å². The SMILES string of the molecule is O=C(O)[C@H]1CC=CC[C@H]1C(=O)Nc1nn[nH]n1. The van der Waals surface area contributed by atoms with Crippen LogP contribution in [0.4, 0.5) is 5.95 Å². The van der Waals surface area contributed by atoms with Gasteiger partial charge in [-0.15, -0.1) is 5.10 Å². The molecule has 8 nitrogen and oxygen atoms in total. The number of nitrogens with zero attached hydrogens (tertiary/aromatic N) is 3. The number of aromatic amines is 1. The van der Waals surface area contributed by atoms with Gasteiger partial charge in [0.05, 0.1) is 11.8 Å². The predicted molar refractivity (Wildman–Crippen MR) is 55.8 cm³/mol. The minimum atomic E-state index is -0.970. The molecule has 0 aromatic carbocycles. The average Bonchev–Trinajstić information content (AvgIpc) is 2.81. The van der Waals surface area contributed by atoms with Crippen LogP contribution in [-0.4, -0.2) is 37.6 Å². The first kappa shape index (κ1) is 11.2. The molecule has 1 heterocycles. The maximum absolute atomic E-state index is 11.9. The van der Waals surface area contributed by atoms with Crippen molar-refractivity contribution in [2.45, 2.75) is 12.8 Å². The highest BCUT2D eigenvalue weighted by Gasteiger charge is 2.34. The van der Waals surface area contributed by atoms with E-state index in [0.29, 0.717) is 12.8 Å². The molecule has 0 saturated heterocycles. The average molecular weight is 237 g/mol. The number of rotatable bonds is 3. The largest absolute Gasteiger partial charge is 0.481 e. The zero-order valence-corrected chi connectivity index (χ0v) is 8.83. The van der Waals surface area contributed by atoms with Gasteiger partial charge in [0.15, 0.2) is 0 Å². The lowest BCUT2D eigenvalue weighted by Gasteiger charge is -2.23. The first-order valence-corrected chi connectivity index (χ1v) is 5.10. The Labute approximate surface area is 96.1 Å². The first-order chi connectivity index (χ1) is 8.18. The maximum atomic E-state index is 11.9. The monoisotopic (exact) mass is 237 g/mol. The van der Waals surface area contributed by atoms with Gasteiger partial charge in [-0.25, -0.2) is 0 Å². The number of aliphatic carboxylic acids is 1. The van der Waals surface area contributed by atoms with E-state index in [1.54, 1.807) is 12.2 Å². The predicted octanol–water partition coefficient (Wildman–Crippen LogP) is -0.195. The minimum Gasteiger partial charge on any atom is -0.481 e. The standard InChI is InChI=1S/C9H11N5O3/c15-7(10-9-11-13-14-12-9)5-3-1-2-4-6(5)8(16)17/h1-2,5-6H,3-4H2,(H,16,17)(H2,10,11,12,13,14,15)/t5-,6+/m1/s1. The zero-order chi connectivity index (χ0) is 12.3. The van der Waals surface area contributed by atoms with Crippen LogP contribution >= 0.6 is 0 Å². The molecule has 0 fully saturated rings. The molecule has 8 heteroatoms. The van der Waals surface area contributed by atoms with Crippen LogP contribution in [0.2, 0.25) is 0 Å². The van der Waals surface area contributed by atoms with Gasteiger partial charge in [0, 0.05) is 0 Å². The normalized spacial score (nSPS) is 23.3. The second-order valence-electron chi connectivity index (χ2n) is 3.72. The Hall–Kier alpha value is -2.25. The molecule has 0 radical (unpaired) electrons. The fourth-order valence-corrected chi connectivity index (χ4v) is 1.79. The van der Waals surface area contributed by atoms with Crippen molar-refractivity contribution >= 4 is 17.8 Å². The molecule has 0 unspecified atom stereocenters. The summed E-state index contributed by atoms with van der Waals surface area (Å²) in [6.07, 6.45) is 4.34. The lowest BCUT2D eigenvalue weighted by molar-refractivity contribution is -0.146. The number of carboxylic acid groups (broad SMARTS) is 1. The van der Waals surface area contributed by atoms with Crippen molar-refractivity contribution in [3.63, 3.8) is 0 Å². The van der Waals surface area contributed by atoms with Crippen LogP contribution in [0.15, 0.2) is 12.2 Å². The topological polar surface area (TPSA) is 121 Å². The molecule has 0 aliphatic heterocycles. The van der Waals surface area contributed by atoms with Crippen molar-refractivity contribution in [1.29, 1.82) is 0 Å². The van der Waals surface area contributed by atoms with Crippen LogP contribution in [-0.2, 0) is 9.59 Å². The molecule has 3 N–H and O–H groups in total. The number of carbonyl (C=O) groups excluding carboxylic acids is 1. The molecule has 90 valence electrons. The van der Waals surface area contributed by atoms with E-state index >= 15 is 0 Å². The molecule has 2 atom stereocenters. The molecular formula is C9H11N5O3. The van der Waals surface area contributed by atoms with Gasteiger partial charge >= 0.3 is 5.97 Å². The number of carbonyl (C=O) groups is 2. The number of amides is 1. The highest BCUT2D eigenvalue weighted by atomic mass is 16.4. The van der Waals surface area contributed by atoms with Crippen LogP contribution in [0.3, 0.4) is 0 Å². The number of carboxylic acids is 1. The Morgan fingerprint density at radius 3 is 2.65 bits per heavy atom. The summed E-state index contributed by atoms with van der Waals surface area (Å²) in [5.74, 6) is -2.62. The van der Waals surface area contributed by atoms with Gasteiger partial charge in [-0.1, -0.05) is 17.3 Å². The number of aromatic nitrogens is 4. The molecule has 1 aliphatic rings. The third-order valence-electron chi connectivity index (χ3n) is 2.67. The number of allylic oxidation sites excluding steroid dienone is 2. The van der Waals surface area contributed by atoms with Gasteiger partial charge in [0.1, 0.15) is 0 Å².